The molecule has 2 aromatic heterocycles. The third-order valence-electron chi connectivity index (χ3n) is 13.7. The molecule has 0 saturated carbocycles. The summed E-state index contributed by atoms with van der Waals surface area (Å²) in [7, 11) is 0. The molecular weight excluding hydrogens is 673 g/mol. The van der Waals surface area contributed by atoms with Crippen molar-refractivity contribution in [3.63, 3.8) is 0 Å². The van der Waals surface area contributed by atoms with Crippen LogP contribution in [0, 0.1) is 5.41 Å². The molecule has 0 aliphatic heterocycles. The normalized spacial score (nSPS) is 18.0. The molecule has 0 bridgehead atoms. The van der Waals surface area contributed by atoms with E-state index in [4.69, 9.17) is 9.97 Å². The van der Waals surface area contributed by atoms with E-state index in [2.05, 4.69) is 175 Å². The molecule has 5 aromatic carbocycles. The minimum Gasteiger partial charge on any atom is -0.228 e. The van der Waals surface area contributed by atoms with Crippen LogP contribution in [0.4, 0.5) is 0 Å². The molecule has 3 aliphatic carbocycles. The summed E-state index contributed by atoms with van der Waals surface area (Å²) < 4.78 is 2.59. The van der Waals surface area contributed by atoms with Gasteiger partial charge in [0.05, 0.1) is 11.4 Å². The highest BCUT2D eigenvalue weighted by molar-refractivity contribution is 7.25. The quantitative estimate of drug-likeness (QED) is 0.177. The van der Waals surface area contributed by atoms with E-state index >= 15 is 0 Å². The molecule has 0 spiro atoms. The number of rotatable bonds is 5. The second kappa shape index (κ2) is 11.8. The molecule has 7 aromatic rings. The zero-order valence-corrected chi connectivity index (χ0v) is 32.7. The van der Waals surface area contributed by atoms with Gasteiger partial charge < -0.3 is 0 Å². The number of nitrogens with zero attached hydrogens (tertiary/aromatic N) is 2. The third kappa shape index (κ3) is 4.84. The van der Waals surface area contributed by atoms with Gasteiger partial charge in [-0.05, 0) is 97.0 Å². The van der Waals surface area contributed by atoms with Gasteiger partial charge in [-0.25, -0.2) is 9.97 Å². The van der Waals surface area contributed by atoms with Gasteiger partial charge in [-0.1, -0.05) is 157 Å². The van der Waals surface area contributed by atoms with Crippen LogP contribution >= 0.6 is 11.3 Å². The second-order valence-corrected chi connectivity index (χ2v) is 18.1. The SMILES string of the molecule is CC1(C)c2cc3ccccc3c(-c3ccc(-c4nc(C5=CC=C(C6=CC=CC6)C5)cc(-c5ccc6c(c5)sc5ccccc56)n4)cc3)c2C(C)(C)C1(C)C. The van der Waals surface area contributed by atoms with Crippen LogP contribution in [0.3, 0.4) is 0 Å². The van der Waals surface area contributed by atoms with Crippen LogP contribution in [0.2, 0.25) is 0 Å². The first kappa shape index (κ1) is 33.2. The third-order valence-corrected chi connectivity index (χ3v) is 14.8. The van der Waals surface area contributed by atoms with Crippen LogP contribution in [-0.4, -0.2) is 9.97 Å². The first-order valence-corrected chi connectivity index (χ1v) is 20.1. The molecule has 2 nitrogen and oxygen atoms in total. The lowest BCUT2D eigenvalue weighted by atomic mass is 9.59. The molecule has 0 amide bonds. The Kier molecular flexibility index (Phi) is 7.26. The van der Waals surface area contributed by atoms with Crippen molar-refractivity contribution in [3.8, 4) is 33.8 Å². The maximum absolute atomic E-state index is 5.30. The van der Waals surface area contributed by atoms with Gasteiger partial charge in [0.2, 0.25) is 0 Å². The monoisotopic (exact) mass is 716 g/mol. The van der Waals surface area contributed by atoms with Crippen LogP contribution < -0.4 is 0 Å². The number of aromatic nitrogens is 2. The van der Waals surface area contributed by atoms with Crippen LogP contribution in [0.5, 0.6) is 0 Å². The van der Waals surface area contributed by atoms with E-state index < -0.39 is 0 Å². The maximum Gasteiger partial charge on any atom is 0.160 e. The van der Waals surface area contributed by atoms with Crippen molar-refractivity contribution in [2.75, 3.05) is 0 Å². The van der Waals surface area contributed by atoms with Gasteiger partial charge in [0.25, 0.3) is 0 Å². The lowest BCUT2D eigenvalue weighted by Gasteiger charge is -2.44. The van der Waals surface area contributed by atoms with Crippen molar-refractivity contribution >= 4 is 47.9 Å². The van der Waals surface area contributed by atoms with Crippen LogP contribution in [-0.2, 0) is 10.8 Å². The Bertz CT molecular complexity index is 2830. The number of allylic oxidation sites excluding steroid dienone is 8. The molecule has 264 valence electrons. The molecule has 0 N–H and O–H groups in total. The summed E-state index contributed by atoms with van der Waals surface area (Å²) in [6.07, 6.45) is 13.1. The average Bonchev–Trinajstić information content (AvgIpc) is 3.98. The molecule has 54 heavy (non-hydrogen) atoms. The molecule has 2 heterocycles. The summed E-state index contributed by atoms with van der Waals surface area (Å²) in [4.78, 5) is 10.6. The zero-order valence-electron chi connectivity index (χ0n) is 31.9. The minimum absolute atomic E-state index is 0.0164. The van der Waals surface area contributed by atoms with E-state index in [0.29, 0.717) is 0 Å². The maximum atomic E-state index is 5.30. The van der Waals surface area contributed by atoms with E-state index in [1.54, 1.807) is 0 Å². The van der Waals surface area contributed by atoms with Crippen molar-refractivity contribution in [1.82, 2.24) is 9.97 Å². The number of fused-ring (bicyclic) bond motifs is 5. The first-order valence-electron chi connectivity index (χ1n) is 19.3. The summed E-state index contributed by atoms with van der Waals surface area (Å²) in [6.45, 7) is 14.7. The summed E-state index contributed by atoms with van der Waals surface area (Å²) >= 11 is 1.85. The average molecular weight is 717 g/mol. The largest absolute Gasteiger partial charge is 0.228 e. The fourth-order valence-corrected chi connectivity index (χ4v) is 10.5. The Morgan fingerprint density at radius 3 is 2.04 bits per heavy atom. The van der Waals surface area contributed by atoms with Crippen LogP contribution in [0.25, 0.3) is 70.3 Å². The summed E-state index contributed by atoms with van der Waals surface area (Å²) in [5, 5.41) is 5.22. The lowest BCUT2D eigenvalue weighted by Crippen LogP contribution is -2.42. The van der Waals surface area contributed by atoms with Gasteiger partial charge in [0, 0.05) is 31.3 Å². The molecule has 0 radical (unpaired) electrons. The topological polar surface area (TPSA) is 25.8 Å². The van der Waals surface area contributed by atoms with Gasteiger partial charge >= 0.3 is 0 Å². The molecule has 0 saturated heterocycles. The van der Waals surface area contributed by atoms with Gasteiger partial charge in [0.15, 0.2) is 5.82 Å². The minimum atomic E-state index is -0.0295. The molecule has 3 aliphatic rings. The molecular formula is C51H44N2S. The summed E-state index contributed by atoms with van der Waals surface area (Å²) in [5.74, 6) is 0.757. The van der Waals surface area contributed by atoms with E-state index in [9.17, 15) is 0 Å². The van der Waals surface area contributed by atoms with Gasteiger partial charge in [-0.2, -0.15) is 0 Å². The highest BCUT2D eigenvalue weighted by Gasteiger charge is 2.57. The Hall–Kier alpha value is -5.38. The van der Waals surface area contributed by atoms with E-state index in [1.165, 1.54) is 69.9 Å². The Morgan fingerprint density at radius 2 is 1.24 bits per heavy atom. The van der Waals surface area contributed by atoms with Gasteiger partial charge in [-0.3, -0.25) is 0 Å². The fraction of sp³-hybridized carbons (Fsp3) is 0.216. The van der Waals surface area contributed by atoms with Crippen molar-refractivity contribution in [1.29, 1.82) is 0 Å². The Labute approximate surface area is 322 Å². The predicted octanol–water partition coefficient (Wildman–Crippen LogP) is 14.2. The van der Waals surface area contributed by atoms with Crippen molar-refractivity contribution in [2.24, 2.45) is 5.41 Å². The Balaban J connectivity index is 1.10. The lowest BCUT2D eigenvalue weighted by molar-refractivity contribution is 0.125. The van der Waals surface area contributed by atoms with Crippen molar-refractivity contribution in [2.45, 2.75) is 65.2 Å². The van der Waals surface area contributed by atoms with Gasteiger partial charge in [0.1, 0.15) is 0 Å². The van der Waals surface area contributed by atoms with E-state index in [-0.39, 0.29) is 16.2 Å². The van der Waals surface area contributed by atoms with E-state index in [1.807, 2.05) is 11.3 Å². The summed E-state index contributed by atoms with van der Waals surface area (Å²) in [5.41, 5.74) is 13.7. The smallest absolute Gasteiger partial charge is 0.160 e. The highest BCUT2D eigenvalue weighted by Crippen LogP contribution is 2.64. The Morgan fingerprint density at radius 1 is 0.556 bits per heavy atom. The number of hydrogen-bond donors (Lipinski definition) is 0. The number of benzene rings is 5. The molecule has 0 atom stereocenters. The second-order valence-electron chi connectivity index (χ2n) is 17.0. The molecule has 10 rings (SSSR count). The van der Waals surface area contributed by atoms with Gasteiger partial charge in [-0.15, -0.1) is 11.3 Å². The van der Waals surface area contributed by atoms with Crippen molar-refractivity contribution in [3.05, 3.63) is 161 Å². The van der Waals surface area contributed by atoms with Crippen molar-refractivity contribution < 1.29 is 0 Å². The first-order chi connectivity index (χ1) is 26.0. The highest BCUT2D eigenvalue weighted by atomic mass is 32.1. The standard InChI is InChI=1S/C51H44N2S/c1-49(2)41-28-35-15-9-10-16-38(35)46(47(41)50(3,4)51(49,5)6)32-19-21-33(22-20-32)48-52-42(36-24-23-34(27-36)31-13-7-8-14-31)30-43(53-48)37-25-26-40-39-17-11-12-18-44(39)54-45(40)29-37/h7-13,15-26,28-30H,14,27H2,1-6H3. The van der Waals surface area contributed by atoms with E-state index in [0.717, 1.165) is 41.2 Å². The predicted molar refractivity (Wildman–Crippen MR) is 231 cm³/mol. The molecule has 0 fully saturated rings. The fourth-order valence-electron chi connectivity index (χ4n) is 9.39. The zero-order chi connectivity index (χ0) is 37.0. The van der Waals surface area contributed by atoms with Crippen LogP contribution in [0.15, 0.2) is 145 Å². The van der Waals surface area contributed by atoms with Crippen LogP contribution in [0.1, 0.15) is 71.2 Å². The molecule has 0 unspecified atom stereocenters. The summed E-state index contributed by atoms with van der Waals surface area (Å²) in [6, 6.07) is 38.2. The number of thiophene rings is 1. The number of hydrogen-bond acceptors (Lipinski definition) is 3. The molecule has 3 heteroatoms.